The molecule has 31 heavy (non-hydrogen) atoms. The first-order valence-electron chi connectivity index (χ1n) is 11.0. The highest BCUT2D eigenvalue weighted by Crippen LogP contribution is 2.45. The van der Waals surface area contributed by atoms with E-state index in [1.807, 2.05) is 6.92 Å². The summed E-state index contributed by atoms with van der Waals surface area (Å²) in [5.74, 6) is 0. The van der Waals surface area contributed by atoms with Crippen molar-refractivity contribution in [1.29, 1.82) is 0 Å². The predicted octanol–water partition coefficient (Wildman–Crippen LogP) is 4.50. The Bertz CT molecular complexity index is 1000. The zero-order chi connectivity index (χ0) is 21.6. The summed E-state index contributed by atoms with van der Waals surface area (Å²) in [6, 6.07) is 0.00697. The Hall–Kier alpha value is -2.36. The molecular weight excluding hydrogens is 411 g/mol. The molecule has 4 heterocycles. The van der Waals surface area contributed by atoms with E-state index >= 15 is 0 Å². The maximum atomic E-state index is 14.3. The van der Waals surface area contributed by atoms with E-state index in [1.54, 1.807) is 6.20 Å². The van der Waals surface area contributed by atoms with Gasteiger partial charge in [-0.05, 0) is 45.4 Å². The smallest absolute Gasteiger partial charge is 0.389 e. The second kappa shape index (κ2) is 7.65. The Morgan fingerprint density at radius 1 is 1.23 bits per heavy atom. The number of pyridine rings is 1. The van der Waals surface area contributed by atoms with Crippen LogP contribution in [-0.2, 0) is 22.3 Å². The summed E-state index contributed by atoms with van der Waals surface area (Å²) in [5, 5.41) is 12.4. The standard InChI is InChI=1S/C21H26F3N5O2/c1-2-29-19-14(12-25-29)17(26-13-5-9-30-10-6-13)16(18(27-19)21(22,23)24)15-11-20(31-28-15)7-3-4-8-20/h12-13H,2-11H2,1H3,(H,26,27). The van der Waals surface area contributed by atoms with Gasteiger partial charge in [-0.1, -0.05) is 5.16 Å². The van der Waals surface area contributed by atoms with E-state index in [0.717, 1.165) is 38.5 Å². The number of nitrogens with zero attached hydrogens (tertiary/aromatic N) is 4. The van der Waals surface area contributed by atoms with Gasteiger partial charge >= 0.3 is 6.18 Å². The first-order valence-corrected chi connectivity index (χ1v) is 11.0. The van der Waals surface area contributed by atoms with E-state index < -0.39 is 17.5 Å². The van der Waals surface area contributed by atoms with Crippen molar-refractivity contribution in [3.63, 3.8) is 0 Å². The highest BCUT2D eigenvalue weighted by Gasteiger charge is 2.46. The lowest BCUT2D eigenvalue weighted by Crippen LogP contribution is -2.30. The van der Waals surface area contributed by atoms with E-state index in [-0.39, 0.29) is 17.3 Å². The average Bonchev–Trinajstić information content (AvgIpc) is 3.48. The van der Waals surface area contributed by atoms with Gasteiger partial charge in [0.15, 0.2) is 11.3 Å². The minimum atomic E-state index is -4.63. The van der Waals surface area contributed by atoms with Gasteiger partial charge in [0.25, 0.3) is 0 Å². The third-order valence-electron chi connectivity index (χ3n) is 6.57. The van der Waals surface area contributed by atoms with Gasteiger partial charge in [0.2, 0.25) is 0 Å². The summed E-state index contributed by atoms with van der Waals surface area (Å²) < 4.78 is 49.7. The zero-order valence-electron chi connectivity index (χ0n) is 17.5. The first-order chi connectivity index (χ1) is 14.9. The lowest BCUT2D eigenvalue weighted by molar-refractivity contribution is -0.141. The van der Waals surface area contributed by atoms with Gasteiger partial charge in [-0.15, -0.1) is 0 Å². The number of alkyl halides is 3. The second-order valence-corrected chi connectivity index (χ2v) is 8.63. The fraction of sp³-hybridized carbons (Fsp3) is 0.667. The van der Waals surface area contributed by atoms with Crippen molar-refractivity contribution in [3.8, 4) is 0 Å². The average molecular weight is 437 g/mol. The van der Waals surface area contributed by atoms with Crippen LogP contribution in [0.1, 0.15) is 63.1 Å². The first kappa shape index (κ1) is 20.5. The molecule has 3 aliphatic rings. The topological polar surface area (TPSA) is 73.6 Å². The summed E-state index contributed by atoms with van der Waals surface area (Å²) in [6.45, 7) is 3.42. The number of fused-ring (bicyclic) bond motifs is 1. The maximum Gasteiger partial charge on any atom is 0.434 e. The molecule has 10 heteroatoms. The molecule has 0 bridgehead atoms. The summed E-state index contributed by atoms with van der Waals surface area (Å²) in [7, 11) is 0. The van der Waals surface area contributed by atoms with Gasteiger partial charge in [0, 0.05) is 32.2 Å². The molecule has 1 saturated heterocycles. The number of anilines is 1. The maximum absolute atomic E-state index is 14.3. The number of oxime groups is 1. The number of rotatable bonds is 4. The Morgan fingerprint density at radius 3 is 2.65 bits per heavy atom. The van der Waals surface area contributed by atoms with Crippen LogP contribution < -0.4 is 5.32 Å². The fourth-order valence-corrected chi connectivity index (χ4v) is 4.94. The number of hydrogen-bond acceptors (Lipinski definition) is 6. The van der Waals surface area contributed by atoms with Gasteiger partial charge in [0.05, 0.1) is 28.5 Å². The van der Waals surface area contributed by atoms with Gasteiger partial charge in [-0.3, -0.25) is 0 Å². The van der Waals surface area contributed by atoms with Gasteiger partial charge in [-0.2, -0.15) is 18.3 Å². The van der Waals surface area contributed by atoms with Gasteiger partial charge < -0.3 is 14.9 Å². The molecule has 2 aliphatic heterocycles. The Morgan fingerprint density at radius 2 is 1.97 bits per heavy atom. The highest BCUT2D eigenvalue weighted by atomic mass is 19.4. The van der Waals surface area contributed by atoms with Gasteiger partial charge in [-0.25, -0.2) is 9.67 Å². The molecule has 0 unspecified atom stereocenters. The summed E-state index contributed by atoms with van der Waals surface area (Å²) in [4.78, 5) is 9.81. The number of aromatic nitrogens is 3. The quantitative estimate of drug-likeness (QED) is 0.763. The van der Waals surface area contributed by atoms with E-state index in [1.165, 1.54) is 4.68 Å². The highest BCUT2D eigenvalue weighted by molar-refractivity contribution is 6.12. The predicted molar refractivity (Wildman–Crippen MR) is 109 cm³/mol. The number of aryl methyl sites for hydroxylation is 1. The molecule has 2 aromatic heterocycles. The fourth-order valence-electron chi connectivity index (χ4n) is 4.94. The molecule has 168 valence electrons. The molecule has 0 aromatic carbocycles. The number of hydrogen-bond donors (Lipinski definition) is 1. The van der Waals surface area contributed by atoms with E-state index in [2.05, 4.69) is 20.6 Å². The van der Waals surface area contributed by atoms with Crippen molar-refractivity contribution in [2.45, 2.75) is 76.2 Å². The Balaban J connectivity index is 1.68. The van der Waals surface area contributed by atoms with Crippen LogP contribution in [0.4, 0.5) is 18.9 Å². The van der Waals surface area contributed by atoms with E-state index in [9.17, 15) is 13.2 Å². The Kier molecular flexibility index (Phi) is 5.07. The molecule has 2 aromatic rings. The minimum Gasteiger partial charge on any atom is -0.389 e. The van der Waals surface area contributed by atoms with Crippen molar-refractivity contribution < 1.29 is 22.7 Å². The summed E-state index contributed by atoms with van der Waals surface area (Å²) in [5.41, 5.74) is -0.448. The molecule has 0 radical (unpaired) electrons. The minimum absolute atomic E-state index is 0.00548. The number of nitrogens with one attached hydrogen (secondary N) is 1. The molecule has 1 aliphatic carbocycles. The second-order valence-electron chi connectivity index (χ2n) is 8.63. The molecule has 1 spiro atoms. The molecule has 1 saturated carbocycles. The SMILES string of the molecule is CCn1ncc2c(NC3CCOCC3)c(C3=NOC4(CCCC4)C3)c(C(F)(F)F)nc21. The molecule has 1 N–H and O–H groups in total. The zero-order valence-corrected chi connectivity index (χ0v) is 17.5. The van der Waals surface area contributed by atoms with Crippen LogP contribution in [0.15, 0.2) is 11.4 Å². The van der Waals surface area contributed by atoms with Crippen molar-refractivity contribution in [1.82, 2.24) is 14.8 Å². The van der Waals surface area contributed by atoms with Crippen molar-refractivity contribution in [2.24, 2.45) is 5.16 Å². The molecule has 0 atom stereocenters. The van der Waals surface area contributed by atoms with E-state index in [4.69, 9.17) is 9.57 Å². The normalized spacial score (nSPS) is 21.6. The van der Waals surface area contributed by atoms with Crippen LogP contribution in [0.5, 0.6) is 0 Å². The summed E-state index contributed by atoms with van der Waals surface area (Å²) in [6.07, 6.45) is 2.41. The van der Waals surface area contributed by atoms with Crippen LogP contribution >= 0.6 is 0 Å². The van der Waals surface area contributed by atoms with Crippen molar-refractivity contribution >= 4 is 22.4 Å². The number of halogens is 3. The van der Waals surface area contributed by atoms with Crippen LogP contribution in [0.2, 0.25) is 0 Å². The van der Waals surface area contributed by atoms with Gasteiger partial charge in [0.1, 0.15) is 5.60 Å². The molecular formula is C21H26F3N5O2. The van der Waals surface area contributed by atoms with Crippen molar-refractivity contribution in [2.75, 3.05) is 18.5 Å². The summed E-state index contributed by atoms with van der Waals surface area (Å²) >= 11 is 0. The van der Waals surface area contributed by atoms with Crippen LogP contribution in [-0.4, -0.2) is 45.3 Å². The van der Waals surface area contributed by atoms with Crippen LogP contribution in [0.25, 0.3) is 11.0 Å². The lowest BCUT2D eigenvalue weighted by atomic mass is 9.90. The largest absolute Gasteiger partial charge is 0.434 e. The third-order valence-corrected chi connectivity index (χ3v) is 6.57. The molecule has 5 rings (SSSR count). The molecule has 7 nitrogen and oxygen atoms in total. The molecule has 0 amide bonds. The Labute approximate surface area is 178 Å². The van der Waals surface area contributed by atoms with Crippen LogP contribution in [0.3, 0.4) is 0 Å². The molecule has 2 fully saturated rings. The van der Waals surface area contributed by atoms with E-state index in [0.29, 0.717) is 43.0 Å². The lowest BCUT2D eigenvalue weighted by Gasteiger charge is -2.27. The third kappa shape index (κ3) is 3.64. The monoisotopic (exact) mass is 437 g/mol. The number of ether oxygens (including phenoxy) is 1. The van der Waals surface area contributed by atoms with Crippen molar-refractivity contribution in [3.05, 3.63) is 17.5 Å². The van der Waals surface area contributed by atoms with Crippen LogP contribution in [0, 0.1) is 0 Å².